The fourth-order valence-corrected chi connectivity index (χ4v) is 1.64. The molecule has 5 nitrogen and oxygen atoms in total. The van der Waals surface area contributed by atoms with Gasteiger partial charge in [0.25, 0.3) is 0 Å². The molecule has 0 aliphatic heterocycles. The number of carbonyl (C=O) groups excluding carboxylic acids is 1. The minimum atomic E-state index is -0.433. The van der Waals surface area contributed by atoms with Gasteiger partial charge in [-0.25, -0.2) is 9.78 Å². The van der Waals surface area contributed by atoms with Crippen LogP contribution in [0.25, 0.3) is 0 Å². The fraction of sp³-hybridized carbons (Fsp3) is 0.462. The molecule has 18 heavy (non-hydrogen) atoms. The largest absolute Gasteiger partial charge is 0.462 e. The van der Waals surface area contributed by atoms with Crippen LogP contribution in [-0.2, 0) is 4.74 Å². The van der Waals surface area contributed by atoms with Crippen molar-refractivity contribution in [2.45, 2.75) is 32.7 Å². The molecule has 94 valence electrons. The summed E-state index contributed by atoms with van der Waals surface area (Å²) in [5.41, 5.74) is 1.32. The van der Waals surface area contributed by atoms with E-state index in [0.717, 1.165) is 12.8 Å². The lowest BCUT2D eigenvalue weighted by molar-refractivity contribution is 0.0525. The number of aryl methyl sites for hydroxylation is 1. The van der Waals surface area contributed by atoms with Crippen molar-refractivity contribution in [1.82, 2.24) is 4.98 Å². The second-order valence-electron chi connectivity index (χ2n) is 4.27. The van der Waals surface area contributed by atoms with Crippen LogP contribution in [0.3, 0.4) is 0 Å². The predicted octanol–water partition coefficient (Wildman–Crippen LogP) is 2.01. The first kappa shape index (κ1) is 12.4. The fourth-order valence-electron chi connectivity index (χ4n) is 1.64. The van der Waals surface area contributed by atoms with Gasteiger partial charge in [0.15, 0.2) is 0 Å². The standard InChI is InChI=1S/C13H15N3O2/c1-3-18-13(17)11-6-9(7-14)12(15-8(11)2)16-10-4-5-10/h6,10H,3-5H2,1-2H3,(H,15,16). The van der Waals surface area contributed by atoms with Crippen LogP contribution in [0.1, 0.15) is 41.4 Å². The maximum Gasteiger partial charge on any atom is 0.340 e. The van der Waals surface area contributed by atoms with Gasteiger partial charge >= 0.3 is 5.97 Å². The summed E-state index contributed by atoms with van der Waals surface area (Å²) in [6.45, 7) is 3.79. The number of hydrogen-bond acceptors (Lipinski definition) is 5. The molecule has 2 rings (SSSR count). The van der Waals surface area contributed by atoms with Gasteiger partial charge in [-0.3, -0.25) is 0 Å². The Hall–Kier alpha value is -2.09. The monoisotopic (exact) mass is 245 g/mol. The molecule has 0 aromatic carbocycles. The van der Waals surface area contributed by atoms with E-state index in [2.05, 4.69) is 16.4 Å². The van der Waals surface area contributed by atoms with Gasteiger partial charge in [-0.05, 0) is 32.8 Å². The minimum absolute atomic E-state index is 0.308. The van der Waals surface area contributed by atoms with Gasteiger partial charge in [-0.1, -0.05) is 0 Å². The number of pyridine rings is 1. The Morgan fingerprint density at radius 1 is 1.67 bits per heavy atom. The highest BCUT2D eigenvalue weighted by Crippen LogP contribution is 2.26. The van der Waals surface area contributed by atoms with Gasteiger partial charge in [-0.2, -0.15) is 5.26 Å². The van der Waals surface area contributed by atoms with Gasteiger partial charge in [0.05, 0.1) is 23.4 Å². The molecule has 1 heterocycles. The first-order valence-corrected chi connectivity index (χ1v) is 6.01. The Labute approximate surface area is 106 Å². The number of nitrogens with zero attached hydrogens (tertiary/aromatic N) is 2. The second kappa shape index (κ2) is 5.05. The molecule has 1 aliphatic carbocycles. The van der Waals surface area contributed by atoms with Gasteiger partial charge < -0.3 is 10.1 Å². The first-order valence-electron chi connectivity index (χ1n) is 6.01. The van der Waals surface area contributed by atoms with E-state index in [9.17, 15) is 4.79 Å². The Balaban J connectivity index is 2.32. The van der Waals surface area contributed by atoms with E-state index in [1.807, 2.05) is 0 Å². The van der Waals surface area contributed by atoms with E-state index >= 15 is 0 Å². The zero-order chi connectivity index (χ0) is 13.1. The Morgan fingerprint density at radius 3 is 2.94 bits per heavy atom. The molecule has 1 aromatic heterocycles. The molecular weight excluding hydrogens is 230 g/mol. The quantitative estimate of drug-likeness (QED) is 0.821. The lowest BCUT2D eigenvalue weighted by Crippen LogP contribution is -2.12. The topological polar surface area (TPSA) is 75.0 Å². The van der Waals surface area contributed by atoms with E-state index in [0.29, 0.717) is 35.3 Å². The van der Waals surface area contributed by atoms with Crippen LogP contribution in [0.4, 0.5) is 5.82 Å². The normalized spacial score (nSPS) is 13.8. The van der Waals surface area contributed by atoms with E-state index in [1.165, 1.54) is 0 Å². The van der Waals surface area contributed by atoms with Gasteiger partial charge in [0.1, 0.15) is 11.9 Å². The van der Waals surface area contributed by atoms with E-state index < -0.39 is 5.97 Å². The zero-order valence-corrected chi connectivity index (χ0v) is 10.5. The third kappa shape index (κ3) is 2.59. The van der Waals surface area contributed by atoms with Crippen molar-refractivity contribution >= 4 is 11.8 Å². The van der Waals surface area contributed by atoms with Crippen molar-refractivity contribution in [2.24, 2.45) is 0 Å². The molecule has 0 atom stereocenters. The van der Waals surface area contributed by atoms with E-state index in [-0.39, 0.29) is 0 Å². The summed E-state index contributed by atoms with van der Waals surface area (Å²) in [5.74, 6) is 0.127. The van der Waals surface area contributed by atoms with Crippen molar-refractivity contribution in [2.75, 3.05) is 11.9 Å². The predicted molar refractivity (Wildman–Crippen MR) is 66.3 cm³/mol. The van der Waals surface area contributed by atoms with Crippen LogP contribution in [0.15, 0.2) is 6.07 Å². The molecular formula is C13H15N3O2. The van der Waals surface area contributed by atoms with Gasteiger partial charge in [0, 0.05) is 6.04 Å². The van der Waals surface area contributed by atoms with E-state index in [4.69, 9.17) is 10.00 Å². The van der Waals surface area contributed by atoms with Gasteiger partial charge in [-0.15, -0.1) is 0 Å². The summed E-state index contributed by atoms with van der Waals surface area (Å²) in [4.78, 5) is 16.0. The van der Waals surface area contributed by atoms with Crippen LogP contribution in [-0.4, -0.2) is 23.6 Å². The van der Waals surface area contributed by atoms with Crippen molar-refractivity contribution in [3.05, 3.63) is 22.9 Å². The number of carbonyl (C=O) groups is 1. The van der Waals surface area contributed by atoms with Crippen LogP contribution in [0.2, 0.25) is 0 Å². The molecule has 1 aliphatic rings. The summed E-state index contributed by atoms with van der Waals surface area (Å²) in [6, 6.07) is 4.02. The molecule has 1 saturated carbocycles. The molecule has 1 fully saturated rings. The Kier molecular flexibility index (Phi) is 3.47. The lowest BCUT2D eigenvalue weighted by atomic mass is 10.1. The van der Waals surface area contributed by atoms with Crippen molar-refractivity contribution < 1.29 is 9.53 Å². The van der Waals surface area contributed by atoms with Crippen LogP contribution < -0.4 is 5.32 Å². The number of aromatic nitrogens is 1. The highest BCUT2D eigenvalue weighted by Gasteiger charge is 2.24. The van der Waals surface area contributed by atoms with Crippen LogP contribution in [0, 0.1) is 18.3 Å². The molecule has 1 N–H and O–H groups in total. The Morgan fingerprint density at radius 2 is 2.39 bits per heavy atom. The minimum Gasteiger partial charge on any atom is -0.462 e. The number of nitrogens with one attached hydrogen (secondary N) is 1. The molecule has 0 unspecified atom stereocenters. The average molecular weight is 245 g/mol. The SMILES string of the molecule is CCOC(=O)c1cc(C#N)c(NC2CC2)nc1C. The molecule has 1 aromatic rings. The van der Waals surface area contributed by atoms with Crippen molar-refractivity contribution in [3.8, 4) is 6.07 Å². The van der Waals surface area contributed by atoms with E-state index in [1.54, 1.807) is 19.9 Å². The zero-order valence-electron chi connectivity index (χ0n) is 10.5. The van der Waals surface area contributed by atoms with Crippen LogP contribution in [0.5, 0.6) is 0 Å². The Bertz CT molecular complexity index is 516. The highest BCUT2D eigenvalue weighted by molar-refractivity contribution is 5.91. The van der Waals surface area contributed by atoms with Crippen LogP contribution >= 0.6 is 0 Å². The smallest absolute Gasteiger partial charge is 0.340 e. The van der Waals surface area contributed by atoms with Crippen molar-refractivity contribution in [1.29, 1.82) is 5.26 Å². The molecule has 0 spiro atoms. The number of hydrogen-bond donors (Lipinski definition) is 1. The summed E-state index contributed by atoms with van der Waals surface area (Å²) < 4.78 is 4.93. The number of nitriles is 1. The summed E-state index contributed by atoms with van der Waals surface area (Å²) in [5, 5.41) is 12.3. The number of esters is 1. The number of anilines is 1. The highest BCUT2D eigenvalue weighted by atomic mass is 16.5. The number of rotatable bonds is 4. The molecule has 0 amide bonds. The number of ether oxygens (including phenoxy) is 1. The molecule has 0 saturated heterocycles. The lowest BCUT2D eigenvalue weighted by Gasteiger charge is -2.10. The van der Waals surface area contributed by atoms with Gasteiger partial charge in [0.2, 0.25) is 0 Å². The maximum absolute atomic E-state index is 11.7. The van der Waals surface area contributed by atoms with Crippen molar-refractivity contribution in [3.63, 3.8) is 0 Å². The average Bonchev–Trinajstić information content (AvgIpc) is 3.13. The summed E-state index contributed by atoms with van der Waals surface area (Å²) >= 11 is 0. The third-order valence-electron chi connectivity index (χ3n) is 2.75. The molecule has 5 heteroatoms. The second-order valence-corrected chi connectivity index (χ2v) is 4.27. The molecule has 0 radical (unpaired) electrons. The third-order valence-corrected chi connectivity index (χ3v) is 2.75. The maximum atomic E-state index is 11.7. The first-order chi connectivity index (χ1) is 8.65. The summed E-state index contributed by atoms with van der Waals surface area (Å²) in [7, 11) is 0. The summed E-state index contributed by atoms with van der Waals surface area (Å²) in [6.07, 6.45) is 2.20. The molecule has 0 bridgehead atoms.